The molecule has 0 aliphatic carbocycles. The Labute approximate surface area is 221 Å². The SMILES string of the molecule is COc1cc(OC)c(C(O)(C[PH+](C(C)(C)C)C(C)(C)C)C(F)(F)F)c(OC)c1.[CH3-].[Cl-].[Li+].[Ni]. The van der Waals surface area contributed by atoms with Crippen LogP contribution in [0.4, 0.5) is 13.2 Å². The van der Waals surface area contributed by atoms with Gasteiger partial charge in [-0.1, -0.05) is 0 Å². The third-order valence-corrected chi connectivity index (χ3v) is 9.33. The molecular weight excluding hydrogens is 505 g/mol. The number of ether oxygens (including phenoxy) is 3. The predicted molar refractivity (Wildman–Crippen MR) is 115 cm³/mol. The topological polar surface area (TPSA) is 47.9 Å². The Morgan fingerprint density at radius 3 is 1.41 bits per heavy atom. The van der Waals surface area contributed by atoms with Crippen LogP contribution in [0, 0.1) is 7.43 Å². The molecule has 1 atom stereocenters. The molecule has 1 aromatic rings. The molecule has 32 heavy (non-hydrogen) atoms. The van der Waals surface area contributed by atoms with Crippen LogP contribution in [-0.4, -0.2) is 49.1 Å². The Morgan fingerprint density at radius 1 is 0.844 bits per heavy atom. The van der Waals surface area contributed by atoms with Gasteiger partial charge in [0.15, 0.2) is 0 Å². The Bertz CT molecular complexity index is 658. The summed E-state index contributed by atoms with van der Waals surface area (Å²) in [5.41, 5.74) is -3.54. The van der Waals surface area contributed by atoms with Crippen molar-refractivity contribution in [3.8, 4) is 17.2 Å². The summed E-state index contributed by atoms with van der Waals surface area (Å²) in [6.07, 6.45) is -5.36. The molecule has 0 fully saturated rings. The number of rotatable bonds is 6. The molecule has 0 aliphatic rings. The van der Waals surface area contributed by atoms with Crippen LogP contribution in [-0.2, 0) is 22.1 Å². The Morgan fingerprint density at radius 2 is 1.19 bits per heavy atom. The van der Waals surface area contributed by atoms with Gasteiger partial charge in [-0.05, 0) is 41.5 Å². The van der Waals surface area contributed by atoms with Crippen molar-refractivity contribution in [2.45, 2.75) is 63.6 Å². The molecular formula is C21H36ClF3LiNiO4P. The number of methoxy groups -OCH3 is 3. The first kappa shape index (κ1) is 39.4. The van der Waals surface area contributed by atoms with E-state index in [1.807, 2.05) is 41.5 Å². The standard InChI is InChI=1S/C20H32F3O4P.CH3.ClH.Li.Ni/c1-17(2,3)28(18(4,5)6)12-19(24,20(21,22)23)16-14(26-8)10-13(25-7)11-15(16)27-9;;;;/h10-11,24H,12H2,1-9H3;1H3;1H;;/q;-1;;+1;. The number of halogens is 4. The normalized spacial score (nSPS) is 13.4. The van der Waals surface area contributed by atoms with Crippen molar-refractivity contribution in [3.63, 3.8) is 0 Å². The van der Waals surface area contributed by atoms with Gasteiger partial charge in [-0.25, -0.2) is 0 Å². The first-order chi connectivity index (χ1) is 12.5. The van der Waals surface area contributed by atoms with Crippen LogP contribution in [0.2, 0.25) is 0 Å². The first-order valence-electron chi connectivity index (χ1n) is 8.99. The molecule has 0 bridgehead atoms. The fraction of sp³-hybridized carbons (Fsp3) is 0.667. The van der Waals surface area contributed by atoms with Gasteiger partial charge in [-0.2, -0.15) is 13.2 Å². The van der Waals surface area contributed by atoms with Gasteiger partial charge in [-0.3, -0.25) is 0 Å². The van der Waals surface area contributed by atoms with Crippen molar-refractivity contribution in [1.82, 2.24) is 0 Å². The maximum absolute atomic E-state index is 14.4. The number of hydrogen-bond donors (Lipinski definition) is 1. The maximum Gasteiger partial charge on any atom is 1.00 e. The Hall–Kier alpha value is 0.181. The minimum atomic E-state index is -4.92. The van der Waals surface area contributed by atoms with E-state index in [-0.39, 0.29) is 82.7 Å². The van der Waals surface area contributed by atoms with Gasteiger partial charge in [-0.15, -0.1) is 0 Å². The molecule has 11 heteroatoms. The number of benzene rings is 1. The number of aliphatic hydroxyl groups is 1. The average Bonchev–Trinajstić information content (AvgIpc) is 2.54. The van der Waals surface area contributed by atoms with Crippen molar-refractivity contribution in [1.29, 1.82) is 0 Å². The average molecular weight is 542 g/mol. The predicted octanol–water partition coefficient (Wildman–Crippen LogP) is -0.271. The molecule has 0 saturated heterocycles. The molecule has 1 N–H and O–H groups in total. The van der Waals surface area contributed by atoms with E-state index in [9.17, 15) is 18.3 Å². The molecule has 1 rings (SSSR count). The number of hydrogen-bond acceptors (Lipinski definition) is 4. The van der Waals surface area contributed by atoms with Gasteiger partial charge < -0.3 is 39.2 Å². The van der Waals surface area contributed by atoms with Crippen LogP contribution in [0.15, 0.2) is 12.1 Å². The summed E-state index contributed by atoms with van der Waals surface area (Å²) in [5.74, 6) is 0.0273. The van der Waals surface area contributed by atoms with Crippen molar-refractivity contribution in [2.24, 2.45) is 0 Å². The summed E-state index contributed by atoms with van der Waals surface area (Å²) in [5, 5.41) is 10.4. The summed E-state index contributed by atoms with van der Waals surface area (Å²) in [7, 11) is 2.17. The van der Waals surface area contributed by atoms with Crippen molar-refractivity contribution in [2.75, 3.05) is 27.5 Å². The Balaban J connectivity index is -0.000000980. The first-order valence-corrected chi connectivity index (χ1v) is 10.7. The summed E-state index contributed by atoms with van der Waals surface area (Å²) in [4.78, 5) is 0. The summed E-state index contributed by atoms with van der Waals surface area (Å²) >= 11 is 0. The van der Waals surface area contributed by atoms with Gasteiger partial charge in [0.1, 0.15) is 23.4 Å². The van der Waals surface area contributed by atoms with Gasteiger partial charge in [0.05, 0.1) is 37.2 Å². The fourth-order valence-corrected chi connectivity index (χ4v) is 7.85. The second-order valence-corrected chi connectivity index (χ2v) is 13.2. The van der Waals surface area contributed by atoms with E-state index in [2.05, 4.69) is 0 Å². The van der Waals surface area contributed by atoms with Crippen molar-refractivity contribution in [3.05, 3.63) is 25.1 Å². The minimum absolute atomic E-state index is 0. The molecule has 188 valence electrons. The van der Waals surface area contributed by atoms with Gasteiger partial charge in [0.25, 0.3) is 0 Å². The van der Waals surface area contributed by atoms with Crippen LogP contribution < -0.4 is 45.5 Å². The molecule has 0 radical (unpaired) electrons. The fourth-order valence-electron chi connectivity index (χ4n) is 3.65. The van der Waals surface area contributed by atoms with Gasteiger partial charge in [0, 0.05) is 36.5 Å². The van der Waals surface area contributed by atoms with E-state index < -0.39 is 31.4 Å². The second-order valence-electron chi connectivity index (χ2n) is 8.92. The minimum Gasteiger partial charge on any atom is -1.00 e. The van der Waals surface area contributed by atoms with Crippen LogP contribution in [0.25, 0.3) is 0 Å². The summed E-state index contributed by atoms with van der Waals surface area (Å²) < 4.78 is 58.7. The molecule has 0 heterocycles. The quantitative estimate of drug-likeness (QED) is 0.306. The smallest absolute Gasteiger partial charge is 1.00 e. The number of alkyl halides is 3. The third-order valence-electron chi connectivity index (χ3n) is 4.84. The van der Waals surface area contributed by atoms with E-state index in [0.717, 1.165) is 0 Å². The van der Waals surface area contributed by atoms with Crippen LogP contribution in [0.5, 0.6) is 17.2 Å². The molecule has 0 amide bonds. The summed E-state index contributed by atoms with van der Waals surface area (Å²) in [6.45, 7) is 11.5. The van der Waals surface area contributed by atoms with Crippen molar-refractivity contribution >= 4 is 7.92 Å². The van der Waals surface area contributed by atoms with Crippen LogP contribution in [0.3, 0.4) is 0 Å². The molecule has 4 nitrogen and oxygen atoms in total. The zero-order chi connectivity index (χ0) is 22.1. The van der Waals surface area contributed by atoms with E-state index in [0.29, 0.717) is 0 Å². The van der Waals surface area contributed by atoms with E-state index >= 15 is 0 Å². The molecule has 1 unspecified atom stereocenters. The second kappa shape index (κ2) is 13.9. The maximum atomic E-state index is 14.4. The van der Waals surface area contributed by atoms with E-state index in [1.165, 1.54) is 33.5 Å². The molecule has 1 aromatic carbocycles. The molecule has 0 aliphatic heterocycles. The van der Waals surface area contributed by atoms with Gasteiger partial charge in [0.2, 0.25) is 5.60 Å². The van der Waals surface area contributed by atoms with E-state index in [4.69, 9.17) is 14.2 Å². The van der Waals surface area contributed by atoms with Crippen LogP contribution in [0.1, 0.15) is 47.1 Å². The Kier molecular flexibility index (Phi) is 17.1. The monoisotopic (exact) mass is 540 g/mol. The zero-order valence-electron chi connectivity index (χ0n) is 20.9. The zero-order valence-corrected chi connectivity index (χ0v) is 23.6. The third kappa shape index (κ3) is 8.75. The van der Waals surface area contributed by atoms with Gasteiger partial charge >= 0.3 is 25.0 Å². The van der Waals surface area contributed by atoms with Crippen LogP contribution >= 0.6 is 7.92 Å². The largest absolute Gasteiger partial charge is 1.00 e. The van der Waals surface area contributed by atoms with E-state index in [1.54, 1.807) is 0 Å². The molecule has 0 spiro atoms. The molecule has 0 aromatic heterocycles. The summed E-state index contributed by atoms with van der Waals surface area (Å²) in [6, 6.07) is 2.66. The molecule has 0 saturated carbocycles. The van der Waals surface area contributed by atoms with Crippen molar-refractivity contribution < 1.29 is 80.2 Å².